The van der Waals surface area contributed by atoms with E-state index >= 15 is 0 Å². The molecule has 2 aliphatic heterocycles. The van der Waals surface area contributed by atoms with Crippen LogP contribution in [0.1, 0.15) is 205 Å². The molecule has 10 saturated carbocycles. The summed E-state index contributed by atoms with van der Waals surface area (Å²) < 4.78 is 38.5. The highest BCUT2D eigenvalue weighted by molar-refractivity contribution is 7.48. The molecule has 12 aliphatic rings. The lowest BCUT2D eigenvalue weighted by Gasteiger charge is -2.53. The van der Waals surface area contributed by atoms with E-state index in [1.165, 1.54) is 205 Å². The molecule has 10 aliphatic carbocycles. The Morgan fingerprint density at radius 1 is 0.271 bits per heavy atom. The van der Waals surface area contributed by atoms with Crippen LogP contribution in [0.25, 0.3) is 0 Å². The Labute approximate surface area is 362 Å². The molecular weight excluding hydrogens is 767 g/mol. The zero-order valence-corrected chi connectivity index (χ0v) is 38.9. The summed E-state index contributed by atoms with van der Waals surface area (Å²) in [5, 5.41) is 0. The van der Waals surface area contributed by atoms with E-state index in [9.17, 15) is 0 Å². The highest BCUT2D eigenvalue weighted by Gasteiger charge is 2.59. The van der Waals surface area contributed by atoms with Gasteiger partial charge in [-0.05, 0) is 174 Å². The highest BCUT2D eigenvalue weighted by Crippen LogP contribution is 2.67. The average Bonchev–Trinajstić information content (AvgIpc) is 3.58. The zero-order chi connectivity index (χ0) is 38.9. The molecule has 0 aromatic heterocycles. The van der Waals surface area contributed by atoms with Crippen molar-refractivity contribution in [3.63, 3.8) is 0 Å². The average molecular weight is 851 g/mol. The molecule has 7 heteroatoms. The summed E-state index contributed by atoms with van der Waals surface area (Å²) in [5.74, 6) is 10.3. The monoisotopic (exact) mass is 851 g/mol. The predicted molar refractivity (Wildman–Crippen MR) is 239 cm³/mol. The van der Waals surface area contributed by atoms with Crippen molar-refractivity contribution < 1.29 is 22.8 Å². The van der Waals surface area contributed by atoms with Crippen molar-refractivity contribution >= 4 is 16.8 Å². The van der Waals surface area contributed by atoms with Gasteiger partial charge in [-0.15, -0.1) is 0 Å². The summed E-state index contributed by atoms with van der Waals surface area (Å²) in [4.78, 5) is 0. The van der Waals surface area contributed by atoms with E-state index in [1.54, 1.807) is 0 Å². The molecule has 2 heterocycles. The molecule has 0 aromatic carbocycles. The Morgan fingerprint density at radius 2 is 0.542 bits per heavy atom. The second-order valence-corrected chi connectivity index (χ2v) is 26.8. The molecule has 20 atom stereocenters. The molecule has 0 amide bonds. The lowest BCUT2D eigenvalue weighted by molar-refractivity contribution is -0.0856. The Morgan fingerprint density at radius 3 is 0.864 bits per heavy atom. The first kappa shape index (κ1) is 41.1. The lowest BCUT2D eigenvalue weighted by atomic mass is 9.53. The minimum atomic E-state index is -0.971. The number of hydrogen-bond acceptors (Lipinski definition) is 5. The minimum Gasteiger partial charge on any atom is -0.373 e. The maximum absolute atomic E-state index is 7.75. The molecule has 0 N–H and O–H groups in total. The van der Waals surface area contributed by atoms with Crippen LogP contribution < -0.4 is 0 Å². The third-order valence-corrected chi connectivity index (χ3v) is 25.1. The molecule has 5 nitrogen and oxygen atoms in total. The quantitative estimate of drug-likeness (QED) is 0.264. The minimum absolute atomic E-state index is 0.269. The van der Waals surface area contributed by atoms with Gasteiger partial charge in [0.2, 0.25) is 0 Å². The van der Waals surface area contributed by atoms with E-state index in [0.717, 1.165) is 71.0 Å². The predicted octanol–water partition coefficient (Wildman–Crippen LogP) is 14.7. The van der Waals surface area contributed by atoms with E-state index in [1.807, 2.05) is 0 Å². The van der Waals surface area contributed by atoms with E-state index < -0.39 is 16.8 Å². The summed E-state index contributed by atoms with van der Waals surface area (Å²) in [6, 6.07) is 0. The molecule has 0 spiro atoms. The van der Waals surface area contributed by atoms with Crippen LogP contribution in [0.3, 0.4) is 0 Å². The van der Waals surface area contributed by atoms with Gasteiger partial charge in [0.1, 0.15) is 0 Å². The van der Waals surface area contributed by atoms with Gasteiger partial charge in [-0.1, -0.05) is 103 Å². The maximum Gasteiger partial charge on any atom is 0.177 e. The highest BCUT2D eigenvalue weighted by atomic mass is 31.2. The van der Waals surface area contributed by atoms with E-state index in [-0.39, 0.29) is 12.2 Å². The van der Waals surface area contributed by atoms with Gasteiger partial charge in [0.25, 0.3) is 0 Å². The van der Waals surface area contributed by atoms with Crippen LogP contribution in [0.4, 0.5) is 0 Å². The first-order valence-corrected chi connectivity index (χ1v) is 29.7. The van der Waals surface area contributed by atoms with Crippen LogP contribution in [-0.2, 0) is 22.8 Å². The zero-order valence-electron chi connectivity index (χ0n) is 37.1. The molecule has 12 fully saturated rings. The summed E-state index contributed by atoms with van der Waals surface area (Å²) in [7, 11) is -1.94. The van der Waals surface area contributed by atoms with Crippen molar-refractivity contribution in [2.24, 2.45) is 71.0 Å². The Kier molecular flexibility index (Phi) is 12.6. The Balaban J connectivity index is 0.806. The van der Waals surface area contributed by atoms with E-state index in [2.05, 4.69) is 0 Å². The Bertz CT molecular complexity index is 1230. The second-order valence-electron chi connectivity index (χ2n) is 23.5. The molecule has 2 saturated heterocycles. The smallest absolute Gasteiger partial charge is 0.177 e. The molecule has 0 bridgehead atoms. The largest absolute Gasteiger partial charge is 0.373 e. The third-order valence-electron chi connectivity index (χ3n) is 20.9. The van der Waals surface area contributed by atoms with Gasteiger partial charge >= 0.3 is 0 Å². The van der Waals surface area contributed by atoms with Crippen molar-refractivity contribution in [2.75, 3.05) is 0 Å². The fourth-order valence-electron chi connectivity index (χ4n) is 18.5. The first-order valence-electron chi connectivity index (χ1n) is 27.2. The SMILES string of the molecule is C1CCC2C(C1)CCC1OP(C3CCCCC3OC3CCCCC3P3OC4CCC5CCCCC5C4C4C(CCC5CCCCC54)O3)OC3CCC4CCCCC4C3C12. The lowest BCUT2D eigenvalue weighted by Crippen LogP contribution is -2.51. The topological polar surface area (TPSA) is 46.2 Å². The van der Waals surface area contributed by atoms with Crippen molar-refractivity contribution in [1.82, 2.24) is 0 Å². The van der Waals surface area contributed by atoms with Gasteiger partial charge in [0.15, 0.2) is 16.8 Å². The molecule has 0 radical (unpaired) electrons. The number of rotatable bonds is 4. The van der Waals surface area contributed by atoms with Crippen molar-refractivity contribution in [2.45, 2.75) is 253 Å². The van der Waals surface area contributed by atoms with E-state index in [4.69, 9.17) is 22.8 Å². The van der Waals surface area contributed by atoms with Crippen LogP contribution in [0.15, 0.2) is 0 Å². The van der Waals surface area contributed by atoms with Crippen LogP contribution in [0.5, 0.6) is 0 Å². The van der Waals surface area contributed by atoms with Crippen LogP contribution in [0.2, 0.25) is 0 Å². The van der Waals surface area contributed by atoms with Gasteiger partial charge in [0.05, 0.1) is 47.9 Å². The van der Waals surface area contributed by atoms with Gasteiger partial charge in [-0.2, -0.15) is 0 Å². The number of hydrogen-bond donors (Lipinski definition) is 0. The van der Waals surface area contributed by atoms with Crippen LogP contribution in [0, 0.1) is 71.0 Å². The van der Waals surface area contributed by atoms with Crippen molar-refractivity contribution in [1.29, 1.82) is 0 Å². The fraction of sp³-hybridized carbons (Fsp3) is 1.00. The third kappa shape index (κ3) is 7.87. The first-order chi connectivity index (χ1) is 29.2. The fourth-order valence-corrected chi connectivity index (χ4v) is 23.0. The van der Waals surface area contributed by atoms with Gasteiger partial charge in [0, 0.05) is 0 Å². The van der Waals surface area contributed by atoms with Crippen LogP contribution in [-0.4, -0.2) is 47.9 Å². The second kappa shape index (κ2) is 18.1. The molecule has 59 heavy (non-hydrogen) atoms. The van der Waals surface area contributed by atoms with Gasteiger partial charge < -0.3 is 22.8 Å². The van der Waals surface area contributed by atoms with E-state index in [0.29, 0.717) is 35.7 Å². The molecule has 12 rings (SSSR count). The van der Waals surface area contributed by atoms with Crippen molar-refractivity contribution in [3.05, 3.63) is 0 Å². The summed E-state index contributed by atoms with van der Waals surface area (Å²) >= 11 is 0. The standard InChI is InChI=1S/C52H84O5P2/c1-5-17-37-33(13-1)25-29-43-49(37)50-38-18-6-2-14-34(38)26-30-44(50)55-58(54-43)47-23-11-9-21-41(47)53-42-22-10-12-24-48(42)59-56-45-31-27-35-15-3-7-19-39(35)51(45)52-40-20-8-4-16-36(40)28-32-46(52)57-59/h33-52H,1-32H2. The van der Waals surface area contributed by atoms with Crippen molar-refractivity contribution in [3.8, 4) is 0 Å². The molecular formula is C52H84O5P2. The van der Waals surface area contributed by atoms with Crippen LogP contribution >= 0.6 is 16.8 Å². The summed E-state index contributed by atoms with van der Waals surface area (Å²) in [6.45, 7) is 0. The molecule has 20 unspecified atom stereocenters. The number of fused-ring (bicyclic) bond motifs is 14. The molecule has 332 valence electrons. The summed E-state index contributed by atoms with van der Waals surface area (Å²) in [5.41, 5.74) is 0.851. The summed E-state index contributed by atoms with van der Waals surface area (Å²) in [6.07, 6.45) is 46.6. The Hall–Kier alpha value is 0.660. The number of ether oxygens (including phenoxy) is 1. The van der Waals surface area contributed by atoms with Gasteiger partial charge in [-0.25, -0.2) is 0 Å². The van der Waals surface area contributed by atoms with Gasteiger partial charge in [-0.3, -0.25) is 0 Å². The molecule has 0 aromatic rings. The maximum atomic E-state index is 7.75. The normalized spacial score (nSPS) is 55.1.